The van der Waals surface area contributed by atoms with E-state index in [9.17, 15) is 9.90 Å². The quantitative estimate of drug-likeness (QED) is 0.822. The van der Waals surface area contributed by atoms with Gasteiger partial charge in [0.25, 0.3) is 0 Å². The lowest BCUT2D eigenvalue weighted by molar-refractivity contribution is -0.146. The molecule has 3 nitrogen and oxygen atoms in total. The van der Waals surface area contributed by atoms with Gasteiger partial charge in [-0.3, -0.25) is 9.69 Å². The Morgan fingerprint density at radius 1 is 1.29 bits per heavy atom. The van der Waals surface area contributed by atoms with Crippen molar-refractivity contribution < 1.29 is 9.90 Å². The van der Waals surface area contributed by atoms with Gasteiger partial charge < -0.3 is 5.11 Å². The maximum absolute atomic E-state index is 11.3. The second-order valence-corrected chi connectivity index (χ2v) is 6.59. The maximum Gasteiger partial charge on any atom is 0.321 e. The number of hydrogen-bond donors (Lipinski definition) is 1. The first-order valence-electron chi connectivity index (χ1n) is 6.69. The molecule has 1 aliphatic rings. The van der Waals surface area contributed by atoms with Crippen LogP contribution in [0.3, 0.4) is 0 Å². The lowest BCUT2D eigenvalue weighted by Gasteiger charge is -2.41. The van der Waals surface area contributed by atoms with E-state index in [1.54, 1.807) is 0 Å². The summed E-state index contributed by atoms with van der Waals surface area (Å²) in [4.78, 5) is 13.4. The Morgan fingerprint density at radius 2 is 1.76 bits per heavy atom. The van der Waals surface area contributed by atoms with Gasteiger partial charge in [-0.1, -0.05) is 27.7 Å². The molecule has 0 radical (unpaired) electrons. The van der Waals surface area contributed by atoms with E-state index in [2.05, 4.69) is 18.7 Å². The first kappa shape index (κ1) is 14.5. The maximum atomic E-state index is 11.3. The molecule has 0 heterocycles. The molecule has 1 atom stereocenters. The summed E-state index contributed by atoms with van der Waals surface area (Å²) in [5.41, 5.74) is 0.438. The molecule has 0 saturated heterocycles. The van der Waals surface area contributed by atoms with Crippen LogP contribution in [-0.4, -0.2) is 35.1 Å². The highest BCUT2D eigenvalue weighted by atomic mass is 16.4. The molecule has 17 heavy (non-hydrogen) atoms. The van der Waals surface area contributed by atoms with E-state index in [1.807, 2.05) is 20.9 Å². The number of carbonyl (C=O) groups is 1. The molecule has 1 saturated carbocycles. The second-order valence-electron chi connectivity index (χ2n) is 6.59. The van der Waals surface area contributed by atoms with E-state index >= 15 is 0 Å². The van der Waals surface area contributed by atoms with Crippen LogP contribution in [-0.2, 0) is 4.79 Å². The van der Waals surface area contributed by atoms with Crippen molar-refractivity contribution in [3.63, 3.8) is 0 Å². The van der Waals surface area contributed by atoms with Gasteiger partial charge >= 0.3 is 5.97 Å². The Hall–Kier alpha value is -0.570. The van der Waals surface area contributed by atoms with Crippen LogP contribution >= 0.6 is 0 Å². The van der Waals surface area contributed by atoms with Gasteiger partial charge in [-0.25, -0.2) is 0 Å². The van der Waals surface area contributed by atoms with Crippen molar-refractivity contribution in [2.75, 3.05) is 7.05 Å². The Kier molecular flexibility index (Phi) is 4.59. The fraction of sp³-hybridized carbons (Fsp3) is 0.929. The van der Waals surface area contributed by atoms with Crippen molar-refractivity contribution >= 4 is 5.97 Å². The van der Waals surface area contributed by atoms with Gasteiger partial charge in [-0.2, -0.15) is 0 Å². The molecule has 0 amide bonds. The molecule has 0 aromatic carbocycles. The average molecular weight is 241 g/mol. The summed E-state index contributed by atoms with van der Waals surface area (Å²) in [6.45, 7) is 8.59. The Bertz CT molecular complexity index is 263. The molecular formula is C14H27NO2. The topological polar surface area (TPSA) is 40.5 Å². The summed E-state index contributed by atoms with van der Waals surface area (Å²) < 4.78 is 0. The molecule has 3 heteroatoms. The summed E-state index contributed by atoms with van der Waals surface area (Å²) in [5.74, 6) is -0.528. The predicted molar refractivity (Wildman–Crippen MR) is 70.1 cm³/mol. The number of hydrogen-bond acceptors (Lipinski definition) is 2. The summed E-state index contributed by atoms with van der Waals surface area (Å²) in [6, 6.07) is 0.0905. The highest BCUT2D eigenvalue weighted by Crippen LogP contribution is 2.37. The van der Waals surface area contributed by atoms with E-state index in [4.69, 9.17) is 0 Å². The van der Waals surface area contributed by atoms with Crippen LogP contribution in [0.2, 0.25) is 0 Å². The average Bonchev–Trinajstić information content (AvgIpc) is 2.15. The monoisotopic (exact) mass is 241 g/mol. The lowest BCUT2D eigenvalue weighted by Crippen LogP contribution is -2.49. The summed E-state index contributed by atoms with van der Waals surface area (Å²) in [5, 5.41) is 9.31. The van der Waals surface area contributed by atoms with Gasteiger partial charge in [0.05, 0.1) is 0 Å². The minimum absolute atomic E-state index is 0.160. The van der Waals surface area contributed by atoms with Crippen LogP contribution in [0.1, 0.15) is 53.4 Å². The molecule has 0 bridgehead atoms. The van der Waals surface area contributed by atoms with Crippen LogP contribution < -0.4 is 0 Å². The zero-order valence-electron chi connectivity index (χ0n) is 11.9. The Morgan fingerprint density at radius 3 is 2.12 bits per heavy atom. The fourth-order valence-corrected chi connectivity index (χ4v) is 2.95. The van der Waals surface area contributed by atoms with Crippen LogP contribution in [0, 0.1) is 11.3 Å². The molecule has 1 unspecified atom stereocenters. The smallest absolute Gasteiger partial charge is 0.321 e. The molecule has 1 rings (SSSR count). The molecule has 0 aromatic heterocycles. The van der Waals surface area contributed by atoms with Gasteiger partial charge in [-0.15, -0.1) is 0 Å². The highest BCUT2D eigenvalue weighted by molar-refractivity contribution is 5.73. The molecular weight excluding hydrogens is 214 g/mol. The minimum atomic E-state index is -0.688. The normalized spacial score (nSPS) is 23.0. The number of carboxylic acid groups (broad SMARTS) is 1. The molecule has 1 aliphatic carbocycles. The zero-order chi connectivity index (χ0) is 13.2. The third kappa shape index (κ3) is 3.70. The third-order valence-electron chi connectivity index (χ3n) is 4.21. The van der Waals surface area contributed by atoms with Crippen molar-refractivity contribution in [2.45, 2.75) is 65.5 Å². The van der Waals surface area contributed by atoms with E-state index in [0.717, 1.165) is 12.8 Å². The van der Waals surface area contributed by atoms with Crippen molar-refractivity contribution in [1.29, 1.82) is 0 Å². The summed E-state index contributed by atoms with van der Waals surface area (Å²) >= 11 is 0. The van der Waals surface area contributed by atoms with Gasteiger partial charge in [-0.05, 0) is 44.1 Å². The molecule has 1 fully saturated rings. The van der Waals surface area contributed by atoms with Gasteiger partial charge in [0, 0.05) is 6.04 Å². The largest absolute Gasteiger partial charge is 0.480 e. The SMILES string of the molecule is CC(C)C(C(=O)O)N(C)C1CCC(C)(C)CC1. The molecule has 1 N–H and O–H groups in total. The van der Waals surface area contributed by atoms with Gasteiger partial charge in [0.2, 0.25) is 0 Å². The van der Waals surface area contributed by atoms with E-state index < -0.39 is 5.97 Å². The Balaban J connectivity index is 2.64. The number of likely N-dealkylation sites (N-methyl/N-ethyl adjacent to an activating group) is 1. The fourth-order valence-electron chi connectivity index (χ4n) is 2.95. The first-order valence-corrected chi connectivity index (χ1v) is 6.69. The van der Waals surface area contributed by atoms with E-state index in [-0.39, 0.29) is 12.0 Å². The van der Waals surface area contributed by atoms with Crippen molar-refractivity contribution in [3.05, 3.63) is 0 Å². The molecule has 0 spiro atoms. The van der Waals surface area contributed by atoms with Crippen molar-refractivity contribution in [2.24, 2.45) is 11.3 Å². The second kappa shape index (κ2) is 5.38. The van der Waals surface area contributed by atoms with Crippen molar-refractivity contribution in [1.82, 2.24) is 4.90 Å². The molecule has 0 aliphatic heterocycles. The lowest BCUT2D eigenvalue weighted by atomic mass is 9.75. The number of aliphatic carboxylic acids is 1. The van der Waals surface area contributed by atoms with Crippen LogP contribution in [0.4, 0.5) is 0 Å². The third-order valence-corrected chi connectivity index (χ3v) is 4.21. The van der Waals surface area contributed by atoms with Gasteiger partial charge in [0.1, 0.15) is 6.04 Å². The van der Waals surface area contributed by atoms with Crippen LogP contribution in [0.25, 0.3) is 0 Å². The highest BCUT2D eigenvalue weighted by Gasteiger charge is 2.34. The molecule has 100 valence electrons. The van der Waals surface area contributed by atoms with Gasteiger partial charge in [0.15, 0.2) is 0 Å². The first-order chi connectivity index (χ1) is 7.74. The number of nitrogens with zero attached hydrogens (tertiary/aromatic N) is 1. The minimum Gasteiger partial charge on any atom is -0.480 e. The Labute approximate surface area is 105 Å². The molecule has 0 aromatic rings. The van der Waals surface area contributed by atoms with Crippen LogP contribution in [0.5, 0.6) is 0 Å². The van der Waals surface area contributed by atoms with Crippen molar-refractivity contribution in [3.8, 4) is 0 Å². The standard InChI is InChI=1S/C14H27NO2/c1-10(2)12(13(16)17)15(5)11-6-8-14(3,4)9-7-11/h10-12H,6-9H2,1-5H3,(H,16,17). The predicted octanol–water partition coefficient (Wildman–Crippen LogP) is 3.00. The number of rotatable bonds is 4. The van der Waals surface area contributed by atoms with E-state index in [0.29, 0.717) is 11.5 Å². The van der Waals surface area contributed by atoms with E-state index in [1.165, 1.54) is 12.8 Å². The summed E-state index contributed by atoms with van der Waals surface area (Å²) in [7, 11) is 1.97. The summed E-state index contributed by atoms with van der Waals surface area (Å²) in [6.07, 6.45) is 4.65. The zero-order valence-corrected chi connectivity index (χ0v) is 11.9. The number of carboxylic acids is 1. The van der Waals surface area contributed by atoms with Crippen LogP contribution in [0.15, 0.2) is 0 Å².